The molecule has 0 aromatic heterocycles. The van der Waals surface area contributed by atoms with Gasteiger partial charge in [0.2, 0.25) is 0 Å². The van der Waals surface area contributed by atoms with Crippen LogP contribution in [0.1, 0.15) is 190 Å². The Bertz CT molecular complexity index is 865. The van der Waals surface area contributed by atoms with Crippen molar-refractivity contribution in [1.82, 2.24) is 0 Å². The largest absolute Gasteiger partial charge is 2.00 e. The second-order valence-electron chi connectivity index (χ2n) is 13.3. The smallest absolute Gasteiger partial charge is 0.872 e. The first-order valence-electron chi connectivity index (χ1n) is 18.7. The normalized spacial score (nSPS) is 11.1. The average Bonchev–Trinajstić information content (AvgIpc) is 3.01. The Morgan fingerprint density at radius 3 is 0.955 bits per heavy atom. The third-order valence-electron chi connectivity index (χ3n) is 9.27. The van der Waals surface area contributed by atoms with E-state index in [1.165, 1.54) is 165 Å². The number of aryl methyl sites for hydroxylation is 2. The zero-order valence-corrected chi connectivity index (χ0v) is 31.3. The zero-order chi connectivity index (χ0) is 30.8. The van der Waals surface area contributed by atoms with Crippen molar-refractivity contribution in [1.29, 1.82) is 0 Å². The zero-order valence-electron chi connectivity index (χ0n) is 29.1. The van der Waals surface area contributed by atoms with E-state index in [9.17, 15) is 10.2 Å². The van der Waals surface area contributed by atoms with E-state index in [-0.39, 0.29) is 49.2 Å². The number of benzene rings is 2. The second-order valence-corrected chi connectivity index (χ2v) is 13.3. The molecule has 0 atom stereocenters. The number of hydrogen-bond acceptors (Lipinski definition) is 2. The molecule has 0 unspecified atom stereocenters. The second kappa shape index (κ2) is 28.5. The molecule has 3 heteroatoms. The summed E-state index contributed by atoms with van der Waals surface area (Å²) in [6, 6.07) is 11.5. The van der Waals surface area contributed by atoms with Crippen LogP contribution in [0.2, 0.25) is 0 Å². The van der Waals surface area contributed by atoms with Gasteiger partial charge in [0, 0.05) is 0 Å². The fraction of sp³-hybridized carbons (Fsp3) is 0.707. The quantitative estimate of drug-likeness (QED) is 0.0693. The van der Waals surface area contributed by atoms with Gasteiger partial charge in [0.05, 0.1) is 0 Å². The molecule has 2 aromatic carbocycles. The van der Waals surface area contributed by atoms with Crippen LogP contribution < -0.4 is 10.2 Å². The van der Waals surface area contributed by atoms with Gasteiger partial charge in [0.25, 0.3) is 0 Å². The number of unbranched alkanes of at least 4 members (excludes halogenated alkanes) is 22. The minimum Gasteiger partial charge on any atom is -0.872 e. The van der Waals surface area contributed by atoms with Crippen molar-refractivity contribution >= 4 is 37.7 Å². The molecule has 0 saturated heterocycles. The van der Waals surface area contributed by atoms with E-state index in [2.05, 4.69) is 26.0 Å². The van der Waals surface area contributed by atoms with E-state index < -0.39 is 0 Å². The summed E-state index contributed by atoms with van der Waals surface area (Å²) < 4.78 is 0. The fourth-order valence-electron chi connectivity index (χ4n) is 6.40. The molecule has 0 amide bonds. The van der Waals surface area contributed by atoms with E-state index in [1.807, 2.05) is 12.1 Å². The monoisotopic (exact) mass is 630 g/mol. The minimum absolute atomic E-state index is 0. The molecule has 44 heavy (non-hydrogen) atoms. The maximum atomic E-state index is 12.6. The average molecular weight is 631 g/mol. The Labute approximate surface area is 303 Å². The van der Waals surface area contributed by atoms with Crippen molar-refractivity contribution in [2.45, 2.75) is 187 Å². The summed E-state index contributed by atoms with van der Waals surface area (Å²) in [6.45, 7) is 4.56. The van der Waals surface area contributed by atoms with Gasteiger partial charge in [-0.15, -0.1) is 11.5 Å². The molecule has 0 fully saturated rings. The van der Waals surface area contributed by atoms with Gasteiger partial charge in [-0.25, -0.2) is 0 Å². The molecule has 0 radical (unpaired) electrons. The van der Waals surface area contributed by atoms with Crippen LogP contribution in [-0.2, 0) is 19.3 Å². The van der Waals surface area contributed by atoms with E-state index >= 15 is 0 Å². The molecular formula is C41H66CaO2. The van der Waals surface area contributed by atoms with Crippen molar-refractivity contribution in [3.8, 4) is 11.5 Å². The van der Waals surface area contributed by atoms with Gasteiger partial charge in [0.1, 0.15) is 0 Å². The molecule has 0 aliphatic heterocycles. The van der Waals surface area contributed by atoms with Crippen molar-refractivity contribution in [3.63, 3.8) is 0 Å². The Balaban J connectivity index is 0.00000968. The van der Waals surface area contributed by atoms with Crippen molar-refractivity contribution in [2.75, 3.05) is 0 Å². The predicted molar refractivity (Wildman–Crippen MR) is 190 cm³/mol. The van der Waals surface area contributed by atoms with Gasteiger partial charge in [0.15, 0.2) is 0 Å². The summed E-state index contributed by atoms with van der Waals surface area (Å²) in [5, 5.41) is 25.3. The van der Waals surface area contributed by atoms with Crippen molar-refractivity contribution in [2.24, 2.45) is 0 Å². The van der Waals surface area contributed by atoms with Crippen LogP contribution in [0.4, 0.5) is 0 Å². The molecule has 0 heterocycles. The van der Waals surface area contributed by atoms with Crippen molar-refractivity contribution in [3.05, 3.63) is 58.7 Å². The number of hydrogen-bond donors (Lipinski definition) is 0. The van der Waals surface area contributed by atoms with E-state index in [0.717, 1.165) is 24.0 Å². The Kier molecular flexibility index (Phi) is 26.8. The van der Waals surface area contributed by atoms with Crippen LogP contribution in [0.15, 0.2) is 36.4 Å². The minimum atomic E-state index is 0. The molecule has 2 rings (SSSR count). The van der Waals surface area contributed by atoms with Gasteiger partial charge in [-0.1, -0.05) is 203 Å². The van der Waals surface area contributed by atoms with Crippen LogP contribution in [0, 0.1) is 0 Å². The van der Waals surface area contributed by atoms with Gasteiger partial charge < -0.3 is 10.2 Å². The Hall–Kier alpha value is -0.700. The molecule has 2 aromatic rings. The first-order chi connectivity index (χ1) is 21.1. The summed E-state index contributed by atoms with van der Waals surface area (Å²) in [5.41, 5.74) is 4.02. The van der Waals surface area contributed by atoms with Crippen LogP contribution in [0.5, 0.6) is 11.5 Å². The fourth-order valence-corrected chi connectivity index (χ4v) is 6.40. The Morgan fingerprint density at radius 1 is 0.386 bits per heavy atom. The molecule has 0 aliphatic rings. The molecule has 244 valence electrons. The van der Waals surface area contributed by atoms with E-state index in [4.69, 9.17) is 0 Å². The summed E-state index contributed by atoms with van der Waals surface area (Å²) in [5.74, 6) is 0.119. The Morgan fingerprint density at radius 2 is 0.659 bits per heavy atom. The summed E-state index contributed by atoms with van der Waals surface area (Å²) >= 11 is 0. The molecule has 2 nitrogen and oxygen atoms in total. The van der Waals surface area contributed by atoms with Crippen LogP contribution >= 0.6 is 0 Å². The van der Waals surface area contributed by atoms with Gasteiger partial charge >= 0.3 is 37.7 Å². The summed E-state index contributed by atoms with van der Waals surface area (Å²) in [4.78, 5) is 0. The maximum absolute atomic E-state index is 12.6. The first kappa shape index (κ1) is 41.3. The molecule has 0 aliphatic carbocycles. The van der Waals surface area contributed by atoms with E-state index in [0.29, 0.717) is 6.42 Å². The third-order valence-corrected chi connectivity index (χ3v) is 9.27. The SMILES string of the molecule is CCCCCCCCCCCCCCc1ccc([O-])c(Cc2cc(CCCCCCCCCCCCCC)ccc2[O-])c1.[Ca+2]. The number of rotatable bonds is 28. The predicted octanol–water partition coefficient (Wildman–Crippen LogP) is 11.5. The van der Waals surface area contributed by atoms with E-state index in [1.54, 1.807) is 12.1 Å². The van der Waals surface area contributed by atoms with Crippen molar-refractivity contribution < 1.29 is 10.2 Å². The molecule has 0 bridgehead atoms. The van der Waals surface area contributed by atoms with Gasteiger partial charge in [-0.2, -0.15) is 0 Å². The standard InChI is InChI=1S/C41H68O2.Ca/c1-3-5-7-9-11-13-15-17-19-21-23-25-27-36-29-31-40(42)38(33-36)35-39-34-37(30-32-41(39)43)28-26-24-22-20-18-16-14-12-10-8-6-4-2;/h29-34,42-43H,3-28,35H2,1-2H3;/q;+2/p-2. The molecule has 0 saturated carbocycles. The van der Waals surface area contributed by atoms with Crippen LogP contribution in [-0.4, -0.2) is 37.7 Å². The third kappa shape index (κ3) is 20.4. The summed E-state index contributed by atoms with van der Waals surface area (Å²) in [7, 11) is 0. The first-order valence-corrected chi connectivity index (χ1v) is 18.7. The van der Waals surface area contributed by atoms with Crippen LogP contribution in [0.3, 0.4) is 0 Å². The maximum Gasteiger partial charge on any atom is 2.00 e. The van der Waals surface area contributed by atoms with Crippen LogP contribution in [0.25, 0.3) is 0 Å². The van der Waals surface area contributed by atoms with Gasteiger partial charge in [-0.3, -0.25) is 0 Å². The topological polar surface area (TPSA) is 46.1 Å². The molecule has 0 N–H and O–H groups in total. The molecular weight excluding hydrogens is 565 g/mol. The molecule has 0 spiro atoms. The summed E-state index contributed by atoms with van der Waals surface area (Å²) in [6.07, 6.45) is 35.0. The van der Waals surface area contributed by atoms with Gasteiger partial charge in [-0.05, 0) is 43.2 Å².